The first-order valence-corrected chi connectivity index (χ1v) is 8.86. The largest absolute Gasteiger partial charge is 0.341 e. The lowest BCUT2D eigenvalue weighted by Gasteiger charge is -2.21. The maximum Gasteiger partial charge on any atom is 0.246 e. The number of hydrogen-bond acceptors (Lipinski definition) is 8. The van der Waals surface area contributed by atoms with Gasteiger partial charge in [-0.1, -0.05) is 17.6 Å². The molecule has 1 aliphatic rings. The first-order valence-electron chi connectivity index (χ1n) is 7.21. The van der Waals surface area contributed by atoms with E-state index in [-0.39, 0.29) is 0 Å². The quantitative estimate of drug-likeness (QED) is 0.711. The van der Waals surface area contributed by atoms with Crippen molar-refractivity contribution >= 4 is 28.0 Å². The molecule has 0 spiro atoms. The van der Waals surface area contributed by atoms with E-state index in [1.54, 1.807) is 11.3 Å². The third-order valence-corrected chi connectivity index (χ3v) is 5.52. The van der Waals surface area contributed by atoms with E-state index in [2.05, 4.69) is 19.5 Å². The van der Waals surface area contributed by atoms with E-state index < -0.39 is 0 Å². The van der Waals surface area contributed by atoms with Crippen molar-refractivity contribution in [1.82, 2.24) is 19.5 Å². The zero-order valence-electron chi connectivity index (χ0n) is 12.1. The molecule has 1 fully saturated rings. The Morgan fingerprint density at radius 1 is 1.36 bits per heavy atom. The Bertz CT molecular complexity index is 747. The molecular weight excluding hydrogens is 318 g/mol. The summed E-state index contributed by atoms with van der Waals surface area (Å²) in [6.07, 6.45) is 3.73. The second-order valence-electron chi connectivity index (χ2n) is 5.41. The van der Waals surface area contributed by atoms with Gasteiger partial charge in [-0.3, -0.25) is 0 Å². The van der Waals surface area contributed by atoms with Gasteiger partial charge in [-0.05, 0) is 24.3 Å². The molecule has 1 aliphatic carbocycles. The summed E-state index contributed by atoms with van der Waals surface area (Å²) in [6.45, 7) is 0.539. The number of thiophene rings is 1. The van der Waals surface area contributed by atoms with Gasteiger partial charge < -0.3 is 9.42 Å². The van der Waals surface area contributed by atoms with Crippen LogP contribution in [0.1, 0.15) is 36.9 Å². The van der Waals surface area contributed by atoms with Crippen molar-refractivity contribution in [2.24, 2.45) is 0 Å². The van der Waals surface area contributed by atoms with Crippen LogP contribution in [0.25, 0.3) is 10.7 Å². The number of aromatic nitrogens is 4. The number of anilines is 1. The summed E-state index contributed by atoms with van der Waals surface area (Å²) in [4.78, 5) is 12.1. The van der Waals surface area contributed by atoms with Crippen molar-refractivity contribution in [2.75, 3.05) is 11.9 Å². The van der Waals surface area contributed by atoms with Gasteiger partial charge in [0.15, 0.2) is 0 Å². The van der Waals surface area contributed by atoms with Gasteiger partial charge in [-0.2, -0.15) is 9.36 Å². The van der Waals surface area contributed by atoms with Crippen molar-refractivity contribution in [3.05, 3.63) is 29.2 Å². The number of nitrogens with zero attached hydrogens (tertiary/aromatic N) is 5. The Morgan fingerprint density at radius 3 is 3.00 bits per heavy atom. The van der Waals surface area contributed by atoms with E-state index in [1.807, 2.05) is 29.5 Å². The van der Waals surface area contributed by atoms with Gasteiger partial charge >= 0.3 is 0 Å². The fourth-order valence-electron chi connectivity index (χ4n) is 2.31. The molecule has 0 unspecified atom stereocenters. The second-order valence-corrected chi connectivity index (χ2v) is 7.09. The van der Waals surface area contributed by atoms with Gasteiger partial charge in [0, 0.05) is 24.5 Å². The van der Waals surface area contributed by atoms with Gasteiger partial charge in [0.05, 0.1) is 11.4 Å². The van der Waals surface area contributed by atoms with E-state index in [1.165, 1.54) is 30.8 Å². The SMILES string of the molecule is CN(Cc1nc(-c2cccs2)no1)c1nc(C2CCC2)ns1. The molecule has 4 rings (SSSR count). The van der Waals surface area contributed by atoms with Crippen molar-refractivity contribution in [3.63, 3.8) is 0 Å². The fraction of sp³-hybridized carbons (Fsp3) is 0.429. The Labute approximate surface area is 136 Å². The summed E-state index contributed by atoms with van der Waals surface area (Å²) >= 11 is 3.04. The summed E-state index contributed by atoms with van der Waals surface area (Å²) in [5.41, 5.74) is 0. The van der Waals surface area contributed by atoms with Crippen LogP contribution in [0.15, 0.2) is 22.0 Å². The average Bonchev–Trinajstić information content (AvgIpc) is 3.17. The molecule has 0 aliphatic heterocycles. The lowest BCUT2D eigenvalue weighted by atomic mass is 9.85. The van der Waals surface area contributed by atoms with Crippen molar-refractivity contribution < 1.29 is 4.52 Å². The molecule has 0 radical (unpaired) electrons. The lowest BCUT2D eigenvalue weighted by molar-refractivity contribution is 0.378. The van der Waals surface area contributed by atoms with Crippen LogP contribution < -0.4 is 4.90 Å². The maximum absolute atomic E-state index is 5.33. The monoisotopic (exact) mass is 333 g/mol. The van der Waals surface area contributed by atoms with Gasteiger partial charge in [0.25, 0.3) is 0 Å². The van der Waals surface area contributed by atoms with Gasteiger partial charge in [-0.15, -0.1) is 11.3 Å². The minimum absolute atomic E-state index is 0.539. The minimum atomic E-state index is 0.539. The number of hydrogen-bond donors (Lipinski definition) is 0. The molecule has 0 amide bonds. The Morgan fingerprint density at radius 2 is 2.27 bits per heavy atom. The molecule has 0 atom stereocenters. The molecule has 6 nitrogen and oxygen atoms in total. The molecule has 8 heteroatoms. The predicted octanol–water partition coefficient (Wildman–Crippen LogP) is 3.55. The van der Waals surface area contributed by atoms with E-state index in [0.717, 1.165) is 15.8 Å². The third-order valence-electron chi connectivity index (χ3n) is 3.81. The van der Waals surface area contributed by atoms with Crippen LogP contribution in [-0.4, -0.2) is 26.5 Å². The molecule has 0 N–H and O–H groups in total. The van der Waals surface area contributed by atoms with Crippen LogP contribution in [0, 0.1) is 0 Å². The average molecular weight is 333 g/mol. The summed E-state index contributed by atoms with van der Waals surface area (Å²) in [7, 11) is 1.97. The summed E-state index contributed by atoms with van der Waals surface area (Å²) in [5, 5.41) is 6.93. The van der Waals surface area contributed by atoms with E-state index in [9.17, 15) is 0 Å². The normalized spacial score (nSPS) is 15.0. The van der Waals surface area contributed by atoms with Crippen LogP contribution in [0.4, 0.5) is 5.13 Å². The highest BCUT2D eigenvalue weighted by atomic mass is 32.1. The van der Waals surface area contributed by atoms with E-state index in [4.69, 9.17) is 4.52 Å². The standard InChI is InChI=1S/C14H15N5OS2/c1-19(14-16-12(18-22-14)9-4-2-5-9)8-11-15-13(17-20-11)10-6-3-7-21-10/h3,6-7,9H,2,4-5,8H2,1H3. The van der Waals surface area contributed by atoms with Crippen molar-refractivity contribution in [3.8, 4) is 10.7 Å². The summed E-state index contributed by atoms with van der Waals surface area (Å²) in [5.74, 6) is 2.78. The molecule has 0 saturated heterocycles. The van der Waals surface area contributed by atoms with Crippen LogP contribution >= 0.6 is 22.9 Å². The number of rotatable bonds is 5. The highest BCUT2D eigenvalue weighted by Crippen LogP contribution is 2.36. The second kappa shape index (κ2) is 5.77. The van der Waals surface area contributed by atoms with Crippen molar-refractivity contribution in [1.29, 1.82) is 0 Å². The highest BCUT2D eigenvalue weighted by molar-refractivity contribution is 7.13. The predicted molar refractivity (Wildman–Crippen MR) is 86.2 cm³/mol. The van der Waals surface area contributed by atoms with Crippen molar-refractivity contribution in [2.45, 2.75) is 31.7 Å². The summed E-state index contributed by atoms with van der Waals surface area (Å²) in [6, 6.07) is 3.96. The molecule has 1 saturated carbocycles. The molecule has 114 valence electrons. The smallest absolute Gasteiger partial charge is 0.246 e. The molecule has 3 aromatic heterocycles. The lowest BCUT2D eigenvalue weighted by Crippen LogP contribution is -2.17. The minimum Gasteiger partial charge on any atom is -0.341 e. The molecule has 22 heavy (non-hydrogen) atoms. The third kappa shape index (κ3) is 2.64. The van der Waals surface area contributed by atoms with Crippen LogP contribution in [-0.2, 0) is 6.54 Å². The van der Waals surface area contributed by atoms with Gasteiger partial charge in [0.1, 0.15) is 5.82 Å². The van der Waals surface area contributed by atoms with Crippen LogP contribution in [0.2, 0.25) is 0 Å². The Kier molecular flexibility index (Phi) is 3.63. The van der Waals surface area contributed by atoms with E-state index in [0.29, 0.717) is 24.2 Å². The van der Waals surface area contributed by atoms with Gasteiger partial charge in [-0.25, -0.2) is 4.98 Å². The topological polar surface area (TPSA) is 67.9 Å². The maximum atomic E-state index is 5.33. The highest BCUT2D eigenvalue weighted by Gasteiger charge is 2.24. The molecule has 0 aromatic carbocycles. The molecule has 0 bridgehead atoms. The Hall–Kier alpha value is -1.80. The molecular formula is C14H15N5OS2. The van der Waals surface area contributed by atoms with Gasteiger partial charge in [0.2, 0.25) is 16.8 Å². The van der Waals surface area contributed by atoms with Crippen LogP contribution in [0.5, 0.6) is 0 Å². The first kappa shape index (κ1) is 13.8. The zero-order valence-corrected chi connectivity index (χ0v) is 13.7. The van der Waals surface area contributed by atoms with E-state index >= 15 is 0 Å². The fourth-order valence-corrected chi connectivity index (χ4v) is 3.66. The summed E-state index contributed by atoms with van der Waals surface area (Å²) < 4.78 is 9.80. The first-order chi connectivity index (χ1) is 10.8. The molecule has 3 aromatic rings. The van der Waals surface area contributed by atoms with Crippen LogP contribution in [0.3, 0.4) is 0 Å². The Balaban J connectivity index is 1.45. The molecule has 3 heterocycles. The zero-order chi connectivity index (χ0) is 14.9.